The van der Waals surface area contributed by atoms with E-state index < -0.39 is 0 Å². The summed E-state index contributed by atoms with van der Waals surface area (Å²) < 4.78 is 0. The fourth-order valence-electron chi connectivity index (χ4n) is 2.16. The normalized spacial score (nSPS) is 48.3. The number of nitrogens with two attached hydrogens (primary N) is 1. The average molecular weight is 126 g/mol. The van der Waals surface area contributed by atoms with Gasteiger partial charge < -0.3 is 11.1 Å². The minimum absolute atomic E-state index is 0.380. The molecule has 0 unspecified atom stereocenters. The molecule has 2 heterocycles. The fraction of sp³-hybridized carbons (Fsp3) is 1.00. The average Bonchev–Trinajstić information content (AvgIpc) is 2.46. The topological polar surface area (TPSA) is 38.0 Å². The Balaban J connectivity index is 2.13. The van der Waals surface area contributed by atoms with E-state index in [2.05, 4.69) is 5.32 Å². The molecule has 52 valence electrons. The van der Waals surface area contributed by atoms with Gasteiger partial charge in [-0.2, -0.15) is 0 Å². The van der Waals surface area contributed by atoms with Crippen molar-refractivity contribution in [2.24, 2.45) is 5.73 Å². The van der Waals surface area contributed by atoms with Crippen molar-refractivity contribution in [2.45, 2.75) is 37.3 Å². The zero-order valence-corrected chi connectivity index (χ0v) is 5.69. The number of fused-ring (bicyclic) bond motifs is 2. The molecule has 2 heteroatoms. The second-order valence-electron chi connectivity index (χ2n) is 3.40. The van der Waals surface area contributed by atoms with Crippen LogP contribution in [0.25, 0.3) is 0 Å². The smallest absolute Gasteiger partial charge is 0.0307 e. The third-order valence-corrected chi connectivity index (χ3v) is 2.84. The highest BCUT2D eigenvalue weighted by atomic mass is 15.1. The summed E-state index contributed by atoms with van der Waals surface area (Å²) in [5.74, 6) is 0. The van der Waals surface area contributed by atoms with Crippen molar-refractivity contribution in [1.82, 2.24) is 5.32 Å². The third-order valence-electron chi connectivity index (χ3n) is 2.84. The van der Waals surface area contributed by atoms with E-state index >= 15 is 0 Å². The Hall–Kier alpha value is -0.0800. The lowest BCUT2D eigenvalue weighted by Crippen LogP contribution is -2.43. The summed E-state index contributed by atoms with van der Waals surface area (Å²) in [7, 11) is 0. The molecule has 0 aromatic carbocycles. The van der Waals surface area contributed by atoms with Crippen LogP contribution < -0.4 is 11.1 Å². The third kappa shape index (κ3) is 0.700. The van der Waals surface area contributed by atoms with Crippen molar-refractivity contribution >= 4 is 0 Å². The van der Waals surface area contributed by atoms with E-state index in [-0.39, 0.29) is 0 Å². The molecule has 0 aliphatic carbocycles. The van der Waals surface area contributed by atoms with Gasteiger partial charge in [0, 0.05) is 18.1 Å². The maximum atomic E-state index is 5.64. The Bertz CT molecular complexity index is 114. The fourth-order valence-corrected chi connectivity index (χ4v) is 2.16. The van der Waals surface area contributed by atoms with Crippen molar-refractivity contribution in [3.63, 3.8) is 0 Å². The van der Waals surface area contributed by atoms with Gasteiger partial charge in [-0.1, -0.05) is 0 Å². The molecule has 3 N–H and O–H groups in total. The van der Waals surface area contributed by atoms with Crippen LogP contribution in [-0.2, 0) is 0 Å². The van der Waals surface area contributed by atoms with Crippen LogP contribution in [0.4, 0.5) is 0 Å². The highest BCUT2D eigenvalue weighted by molar-refractivity contribution is 5.04. The predicted octanol–water partition coefficient (Wildman–Crippen LogP) is 0.230. The van der Waals surface area contributed by atoms with Gasteiger partial charge in [-0.25, -0.2) is 0 Å². The summed E-state index contributed by atoms with van der Waals surface area (Å²) in [4.78, 5) is 0. The Morgan fingerprint density at radius 1 is 1.44 bits per heavy atom. The van der Waals surface area contributed by atoms with Crippen LogP contribution in [0.15, 0.2) is 0 Å². The lowest BCUT2D eigenvalue weighted by atomic mass is 9.88. The van der Waals surface area contributed by atoms with Gasteiger partial charge in [0.1, 0.15) is 0 Å². The lowest BCUT2D eigenvalue weighted by molar-refractivity contribution is 0.396. The molecular weight excluding hydrogens is 112 g/mol. The first-order valence-corrected chi connectivity index (χ1v) is 3.82. The van der Waals surface area contributed by atoms with Crippen molar-refractivity contribution in [3.05, 3.63) is 0 Å². The maximum absolute atomic E-state index is 5.64. The van der Waals surface area contributed by atoms with Gasteiger partial charge in [0.15, 0.2) is 0 Å². The van der Waals surface area contributed by atoms with E-state index in [1.54, 1.807) is 0 Å². The van der Waals surface area contributed by atoms with E-state index in [1.165, 1.54) is 25.7 Å². The number of hydrogen-bond donors (Lipinski definition) is 2. The van der Waals surface area contributed by atoms with Gasteiger partial charge in [0.25, 0.3) is 0 Å². The van der Waals surface area contributed by atoms with E-state index in [9.17, 15) is 0 Å². The van der Waals surface area contributed by atoms with Gasteiger partial charge in [-0.3, -0.25) is 0 Å². The van der Waals surface area contributed by atoms with E-state index in [4.69, 9.17) is 5.73 Å². The Morgan fingerprint density at radius 3 is 2.33 bits per heavy atom. The number of hydrogen-bond acceptors (Lipinski definition) is 2. The molecule has 0 saturated carbocycles. The number of nitrogens with one attached hydrogen (secondary N) is 1. The minimum atomic E-state index is 0.380. The molecule has 0 atom stereocenters. The predicted molar refractivity (Wildman–Crippen MR) is 37.2 cm³/mol. The van der Waals surface area contributed by atoms with E-state index in [0.29, 0.717) is 5.54 Å². The first kappa shape index (κ1) is 5.69. The Labute approximate surface area is 55.8 Å². The quantitative estimate of drug-likeness (QED) is 0.528. The van der Waals surface area contributed by atoms with Crippen LogP contribution >= 0.6 is 0 Å². The summed E-state index contributed by atoms with van der Waals surface area (Å²) in [6.07, 6.45) is 5.34. The summed E-state index contributed by atoms with van der Waals surface area (Å²) in [5.41, 5.74) is 6.02. The molecule has 2 fully saturated rings. The molecule has 2 bridgehead atoms. The molecule has 0 spiro atoms. The Morgan fingerprint density at radius 2 is 2.11 bits per heavy atom. The molecule has 2 aliphatic heterocycles. The zero-order chi connectivity index (χ0) is 6.32. The number of rotatable bonds is 1. The SMILES string of the molecule is NCC12CCC(CC1)N2. The standard InChI is InChI=1S/C7H14N2/c8-5-7-3-1-6(9-7)2-4-7/h6,9H,1-5,8H2. The lowest BCUT2D eigenvalue weighted by Gasteiger charge is -2.23. The monoisotopic (exact) mass is 126 g/mol. The minimum Gasteiger partial charge on any atom is -0.329 e. The molecule has 2 nitrogen and oxygen atoms in total. The van der Waals surface area contributed by atoms with Gasteiger partial charge in [0.05, 0.1) is 0 Å². The van der Waals surface area contributed by atoms with Gasteiger partial charge in [-0.15, -0.1) is 0 Å². The molecule has 2 saturated heterocycles. The second-order valence-corrected chi connectivity index (χ2v) is 3.40. The molecule has 2 rings (SSSR count). The summed E-state index contributed by atoms with van der Waals surface area (Å²) >= 11 is 0. The van der Waals surface area contributed by atoms with Crippen molar-refractivity contribution in [1.29, 1.82) is 0 Å². The van der Waals surface area contributed by atoms with Crippen molar-refractivity contribution in [2.75, 3.05) is 6.54 Å². The first-order chi connectivity index (χ1) is 4.35. The zero-order valence-electron chi connectivity index (χ0n) is 5.69. The van der Waals surface area contributed by atoms with E-state index in [1.807, 2.05) is 0 Å². The van der Waals surface area contributed by atoms with Gasteiger partial charge in [-0.05, 0) is 25.7 Å². The first-order valence-electron chi connectivity index (χ1n) is 3.82. The molecule has 0 aromatic rings. The van der Waals surface area contributed by atoms with Crippen LogP contribution in [0.2, 0.25) is 0 Å². The van der Waals surface area contributed by atoms with Crippen molar-refractivity contribution in [3.8, 4) is 0 Å². The van der Waals surface area contributed by atoms with E-state index in [0.717, 1.165) is 12.6 Å². The van der Waals surface area contributed by atoms with Crippen LogP contribution in [0.1, 0.15) is 25.7 Å². The van der Waals surface area contributed by atoms with Gasteiger partial charge in [0.2, 0.25) is 0 Å². The summed E-state index contributed by atoms with van der Waals surface area (Å²) in [6, 6.07) is 0.813. The highest BCUT2D eigenvalue weighted by Gasteiger charge is 2.42. The highest BCUT2D eigenvalue weighted by Crippen LogP contribution is 2.36. The van der Waals surface area contributed by atoms with Gasteiger partial charge >= 0.3 is 0 Å². The molecule has 2 aliphatic rings. The molecule has 9 heavy (non-hydrogen) atoms. The largest absolute Gasteiger partial charge is 0.329 e. The molecule has 0 amide bonds. The van der Waals surface area contributed by atoms with Crippen molar-refractivity contribution < 1.29 is 0 Å². The molecule has 0 aromatic heterocycles. The van der Waals surface area contributed by atoms with Crippen LogP contribution in [0.5, 0.6) is 0 Å². The van der Waals surface area contributed by atoms with Crippen LogP contribution in [-0.4, -0.2) is 18.1 Å². The molecular formula is C7H14N2. The Kier molecular flexibility index (Phi) is 1.08. The van der Waals surface area contributed by atoms with Crippen LogP contribution in [0, 0.1) is 0 Å². The van der Waals surface area contributed by atoms with Crippen LogP contribution in [0.3, 0.4) is 0 Å². The molecule has 0 radical (unpaired) electrons. The second kappa shape index (κ2) is 1.70. The maximum Gasteiger partial charge on any atom is 0.0307 e. The summed E-state index contributed by atoms with van der Waals surface area (Å²) in [5, 5.41) is 3.57. The summed E-state index contributed by atoms with van der Waals surface area (Å²) in [6.45, 7) is 0.837.